The number of amides is 3. The third-order valence-corrected chi connectivity index (χ3v) is 3.40. The molecule has 0 spiro atoms. The molecule has 3 amide bonds. The van der Waals surface area contributed by atoms with Gasteiger partial charge in [-0.3, -0.25) is 4.79 Å². The van der Waals surface area contributed by atoms with Crippen LogP contribution in [0.5, 0.6) is 0 Å². The molecule has 0 radical (unpaired) electrons. The predicted molar refractivity (Wildman–Crippen MR) is 68.6 cm³/mol. The molecule has 7 nitrogen and oxygen atoms in total. The van der Waals surface area contributed by atoms with E-state index in [0.717, 1.165) is 0 Å². The summed E-state index contributed by atoms with van der Waals surface area (Å²) >= 11 is 0. The van der Waals surface area contributed by atoms with Crippen molar-refractivity contribution >= 4 is 17.9 Å². The first kappa shape index (κ1) is 15.3. The summed E-state index contributed by atoms with van der Waals surface area (Å²) in [6, 6.07) is -1.21. The van der Waals surface area contributed by atoms with Gasteiger partial charge in [0.2, 0.25) is 5.91 Å². The summed E-state index contributed by atoms with van der Waals surface area (Å²) in [6.07, 6.45) is 0.665. The number of nitrogens with zero attached hydrogens (tertiary/aromatic N) is 3. The van der Waals surface area contributed by atoms with E-state index in [2.05, 4.69) is 0 Å². The lowest BCUT2D eigenvalue weighted by Gasteiger charge is -2.28. The zero-order valence-corrected chi connectivity index (χ0v) is 11.8. The van der Waals surface area contributed by atoms with E-state index in [1.807, 2.05) is 6.92 Å². The van der Waals surface area contributed by atoms with Gasteiger partial charge in [0.05, 0.1) is 0 Å². The van der Waals surface area contributed by atoms with Crippen LogP contribution in [0.15, 0.2) is 0 Å². The van der Waals surface area contributed by atoms with E-state index in [0.29, 0.717) is 13.0 Å². The summed E-state index contributed by atoms with van der Waals surface area (Å²) in [5, 5.41) is 9.17. The van der Waals surface area contributed by atoms with Gasteiger partial charge in [-0.2, -0.15) is 0 Å². The van der Waals surface area contributed by atoms with Crippen molar-refractivity contribution in [2.45, 2.75) is 19.4 Å². The summed E-state index contributed by atoms with van der Waals surface area (Å²) in [7, 11) is 4.73. The lowest BCUT2D eigenvalue weighted by molar-refractivity contribution is -0.142. The molecule has 1 heterocycles. The molecule has 19 heavy (non-hydrogen) atoms. The number of carbonyl (C=O) groups excluding carboxylic acids is 2. The minimum atomic E-state index is -0.995. The highest BCUT2D eigenvalue weighted by atomic mass is 16.4. The number of urea groups is 1. The van der Waals surface area contributed by atoms with Crippen molar-refractivity contribution in [3.05, 3.63) is 0 Å². The molecule has 0 aromatic heterocycles. The zero-order valence-electron chi connectivity index (χ0n) is 11.8. The molecule has 0 aliphatic carbocycles. The minimum Gasteiger partial charge on any atom is -0.480 e. The first-order valence-electron chi connectivity index (χ1n) is 6.20. The molecule has 1 aliphatic heterocycles. The Morgan fingerprint density at radius 3 is 2.32 bits per heavy atom. The Kier molecular flexibility index (Phi) is 4.74. The topological polar surface area (TPSA) is 81.2 Å². The molecule has 0 saturated carbocycles. The Bertz CT molecular complexity index is 383. The van der Waals surface area contributed by atoms with Gasteiger partial charge in [0, 0.05) is 27.7 Å². The van der Waals surface area contributed by atoms with Gasteiger partial charge in [-0.15, -0.1) is 0 Å². The van der Waals surface area contributed by atoms with Crippen LogP contribution in [0.2, 0.25) is 0 Å². The summed E-state index contributed by atoms with van der Waals surface area (Å²) in [5.74, 6) is -1.26. The van der Waals surface area contributed by atoms with Crippen LogP contribution < -0.4 is 0 Å². The average Bonchev–Trinajstić information content (AvgIpc) is 2.69. The molecule has 1 aliphatic rings. The van der Waals surface area contributed by atoms with E-state index < -0.39 is 18.0 Å². The Hall–Kier alpha value is -1.79. The fourth-order valence-corrected chi connectivity index (χ4v) is 2.17. The van der Waals surface area contributed by atoms with Gasteiger partial charge in [-0.05, 0) is 12.3 Å². The SMILES string of the molecule is CC1CCN(C(=O)N(C)CC(=O)N(C)C)C1C(=O)O. The second-order valence-corrected chi connectivity index (χ2v) is 5.17. The van der Waals surface area contributed by atoms with Crippen LogP contribution in [0, 0.1) is 5.92 Å². The summed E-state index contributed by atoms with van der Waals surface area (Å²) in [6.45, 7) is 2.18. The Morgan fingerprint density at radius 1 is 1.26 bits per heavy atom. The number of carboxylic acid groups (broad SMARTS) is 1. The highest BCUT2D eigenvalue weighted by Crippen LogP contribution is 2.25. The fraction of sp³-hybridized carbons (Fsp3) is 0.750. The summed E-state index contributed by atoms with van der Waals surface area (Å²) in [4.78, 5) is 38.9. The van der Waals surface area contributed by atoms with Gasteiger partial charge in [-0.25, -0.2) is 9.59 Å². The normalized spacial score (nSPS) is 22.2. The van der Waals surface area contributed by atoms with Crippen LogP contribution in [-0.2, 0) is 9.59 Å². The van der Waals surface area contributed by atoms with Gasteiger partial charge >= 0.3 is 12.0 Å². The highest BCUT2D eigenvalue weighted by molar-refractivity contribution is 5.87. The van der Waals surface area contributed by atoms with Crippen LogP contribution >= 0.6 is 0 Å². The van der Waals surface area contributed by atoms with Gasteiger partial charge in [0.1, 0.15) is 12.6 Å². The zero-order chi connectivity index (χ0) is 14.7. The van der Waals surface area contributed by atoms with Gasteiger partial charge in [-0.1, -0.05) is 6.92 Å². The Labute approximate surface area is 112 Å². The lowest BCUT2D eigenvalue weighted by atomic mass is 10.0. The predicted octanol–water partition coefficient (Wildman–Crippen LogP) is -0.0786. The molecular formula is C12H21N3O4. The molecule has 0 aromatic rings. The third kappa shape index (κ3) is 3.36. The number of likely N-dealkylation sites (N-methyl/N-ethyl adjacent to an activating group) is 2. The van der Waals surface area contributed by atoms with Crippen molar-refractivity contribution in [1.29, 1.82) is 0 Å². The van der Waals surface area contributed by atoms with Crippen LogP contribution in [0.25, 0.3) is 0 Å². The molecule has 2 unspecified atom stereocenters. The molecule has 0 bridgehead atoms. The van der Waals surface area contributed by atoms with Gasteiger partial charge in [0.15, 0.2) is 0 Å². The number of likely N-dealkylation sites (tertiary alicyclic amines) is 1. The van der Waals surface area contributed by atoms with Crippen molar-refractivity contribution in [3.63, 3.8) is 0 Å². The van der Waals surface area contributed by atoms with Crippen molar-refractivity contribution < 1.29 is 19.5 Å². The molecule has 1 rings (SSSR count). The first-order chi connectivity index (χ1) is 8.75. The number of carbonyl (C=O) groups is 3. The molecular weight excluding hydrogens is 250 g/mol. The van der Waals surface area contributed by atoms with E-state index in [9.17, 15) is 14.4 Å². The maximum Gasteiger partial charge on any atom is 0.326 e. The molecule has 1 fully saturated rings. The van der Waals surface area contributed by atoms with Crippen LogP contribution in [0.4, 0.5) is 4.79 Å². The van der Waals surface area contributed by atoms with E-state index in [1.54, 1.807) is 14.1 Å². The Morgan fingerprint density at radius 2 is 1.84 bits per heavy atom. The maximum atomic E-state index is 12.2. The third-order valence-electron chi connectivity index (χ3n) is 3.40. The van der Waals surface area contributed by atoms with Crippen molar-refractivity contribution in [2.75, 3.05) is 34.2 Å². The quantitative estimate of drug-likeness (QED) is 0.778. The standard InChI is InChI=1S/C12H21N3O4/c1-8-5-6-15(10(8)11(17)18)12(19)14(4)7-9(16)13(2)3/h8,10H,5-7H2,1-4H3,(H,17,18). The van der Waals surface area contributed by atoms with Gasteiger partial charge in [0.25, 0.3) is 0 Å². The number of carboxylic acids is 1. The van der Waals surface area contributed by atoms with Crippen molar-refractivity contribution in [3.8, 4) is 0 Å². The summed E-state index contributed by atoms with van der Waals surface area (Å²) in [5.41, 5.74) is 0. The smallest absolute Gasteiger partial charge is 0.326 e. The van der Waals surface area contributed by atoms with Crippen LogP contribution in [0.1, 0.15) is 13.3 Å². The molecule has 0 aromatic carbocycles. The summed E-state index contributed by atoms with van der Waals surface area (Å²) < 4.78 is 0. The number of rotatable bonds is 3. The fourth-order valence-electron chi connectivity index (χ4n) is 2.17. The molecule has 1 N–H and O–H groups in total. The lowest BCUT2D eigenvalue weighted by Crippen LogP contribution is -2.50. The van der Waals surface area contributed by atoms with E-state index in [-0.39, 0.29) is 18.4 Å². The largest absolute Gasteiger partial charge is 0.480 e. The van der Waals surface area contributed by atoms with E-state index in [4.69, 9.17) is 5.11 Å². The second kappa shape index (κ2) is 5.90. The molecule has 1 saturated heterocycles. The van der Waals surface area contributed by atoms with Gasteiger partial charge < -0.3 is 19.8 Å². The van der Waals surface area contributed by atoms with E-state index >= 15 is 0 Å². The monoisotopic (exact) mass is 271 g/mol. The molecule has 108 valence electrons. The van der Waals surface area contributed by atoms with E-state index in [1.165, 1.54) is 21.7 Å². The minimum absolute atomic E-state index is 0.0525. The van der Waals surface area contributed by atoms with Crippen molar-refractivity contribution in [1.82, 2.24) is 14.7 Å². The second-order valence-electron chi connectivity index (χ2n) is 5.17. The molecule has 2 atom stereocenters. The maximum absolute atomic E-state index is 12.2. The number of aliphatic carboxylic acids is 1. The van der Waals surface area contributed by atoms with Crippen molar-refractivity contribution in [2.24, 2.45) is 5.92 Å². The first-order valence-corrected chi connectivity index (χ1v) is 6.20. The average molecular weight is 271 g/mol. The Balaban J connectivity index is 2.71. The number of hydrogen-bond donors (Lipinski definition) is 1. The number of hydrogen-bond acceptors (Lipinski definition) is 3. The molecule has 7 heteroatoms. The highest BCUT2D eigenvalue weighted by Gasteiger charge is 2.40. The van der Waals surface area contributed by atoms with Crippen LogP contribution in [0.3, 0.4) is 0 Å². The van der Waals surface area contributed by atoms with Crippen LogP contribution in [-0.4, -0.2) is 78.0 Å².